The van der Waals surface area contributed by atoms with Crippen molar-refractivity contribution in [3.05, 3.63) is 16.0 Å². The summed E-state index contributed by atoms with van der Waals surface area (Å²) in [6, 6.07) is 0. The molecule has 1 aliphatic rings. The van der Waals surface area contributed by atoms with Crippen LogP contribution >= 0.6 is 27.5 Å². The highest BCUT2D eigenvalue weighted by Crippen LogP contribution is 2.48. The largest absolute Gasteiger partial charge is 0.368 e. The summed E-state index contributed by atoms with van der Waals surface area (Å²) in [6.07, 6.45) is 5.32. The summed E-state index contributed by atoms with van der Waals surface area (Å²) in [6.45, 7) is 3.20. The Hall–Kier alpha value is -0.350. The molecule has 1 aromatic rings. The van der Waals surface area contributed by atoms with Crippen molar-refractivity contribution in [1.82, 2.24) is 9.97 Å². The third-order valence-corrected chi connectivity index (χ3v) is 4.35. The first-order valence-electron chi connectivity index (χ1n) is 5.07. The zero-order chi connectivity index (χ0) is 10.9. The highest BCUT2D eigenvalue weighted by atomic mass is 79.9. The molecule has 0 unspecified atom stereocenters. The molecule has 1 fully saturated rings. The second-order valence-electron chi connectivity index (χ2n) is 4.03. The summed E-state index contributed by atoms with van der Waals surface area (Å²) in [7, 11) is 0. The van der Waals surface area contributed by atoms with Crippen LogP contribution in [0.3, 0.4) is 0 Å². The molecule has 0 spiro atoms. The molecule has 1 N–H and O–H groups in total. The molecule has 3 nitrogen and oxygen atoms in total. The number of halogens is 2. The Morgan fingerprint density at radius 1 is 1.53 bits per heavy atom. The molecule has 0 aromatic carbocycles. The van der Waals surface area contributed by atoms with Gasteiger partial charge in [-0.15, -0.1) is 0 Å². The summed E-state index contributed by atoms with van der Waals surface area (Å²) in [4.78, 5) is 8.04. The summed E-state index contributed by atoms with van der Waals surface area (Å²) >= 11 is 9.25. The number of hydrogen-bond donors (Lipinski definition) is 1. The molecule has 0 amide bonds. The van der Waals surface area contributed by atoms with Gasteiger partial charge < -0.3 is 5.32 Å². The molecule has 1 aromatic heterocycles. The molecule has 1 saturated carbocycles. The maximum absolute atomic E-state index is 5.88. The van der Waals surface area contributed by atoms with Gasteiger partial charge in [0.2, 0.25) is 0 Å². The van der Waals surface area contributed by atoms with Crippen LogP contribution in [0, 0.1) is 5.41 Å². The van der Waals surface area contributed by atoms with Crippen LogP contribution in [0.5, 0.6) is 0 Å². The van der Waals surface area contributed by atoms with E-state index in [0.717, 1.165) is 16.8 Å². The second-order valence-corrected chi connectivity index (χ2v) is 5.19. The van der Waals surface area contributed by atoms with Crippen LogP contribution in [0.4, 0.5) is 5.82 Å². The van der Waals surface area contributed by atoms with Crippen LogP contribution in [-0.2, 0) is 0 Å². The lowest BCUT2D eigenvalue weighted by atomic mass is 10.0. The van der Waals surface area contributed by atoms with Gasteiger partial charge in [-0.3, -0.25) is 0 Å². The van der Waals surface area contributed by atoms with Crippen molar-refractivity contribution in [3.63, 3.8) is 0 Å². The van der Waals surface area contributed by atoms with Gasteiger partial charge >= 0.3 is 0 Å². The zero-order valence-electron chi connectivity index (χ0n) is 8.56. The Labute approximate surface area is 103 Å². The van der Waals surface area contributed by atoms with E-state index in [0.29, 0.717) is 10.6 Å². The average Bonchev–Trinajstić information content (AvgIpc) is 3.01. The SMILES string of the molecule is CCC1(CNc2ncnc(Cl)c2Br)CC1. The van der Waals surface area contributed by atoms with E-state index >= 15 is 0 Å². The highest BCUT2D eigenvalue weighted by Gasteiger charge is 2.40. The van der Waals surface area contributed by atoms with Gasteiger partial charge in [0.05, 0.1) is 4.47 Å². The van der Waals surface area contributed by atoms with Gasteiger partial charge in [0, 0.05) is 6.54 Å². The Bertz CT molecular complexity index is 366. The minimum Gasteiger partial charge on any atom is -0.368 e. The fourth-order valence-electron chi connectivity index (χ4n) is 1.57. The van der Waals surface area contributed by atoms with E-state index < -0.39 is 0 Å². The lowest BCUT2D eigenvalue weighted by molar-refractivity contribution is 0.520. The lowest BCUT2D eigenvalue weighted by Crippen LogP contribution is -2.15. The predicted molar refractivity (Wildman–Crippen MR) is 65.2 cm³/mol. The topological polar surface area (TPSA) is 37.8 Å². The number of hydrogen-bond acceptors (Lipinski definition) is 3. The highest BCUT2D eigenvalue weighted by molar-refractivity contribution is 9.10. The van der Waals surface area contributed by atoms with Crippen molar-refractivity contribution in [2.45, 2.75) is 26.2 Å². The van der Waals surface area contributed by atoms with Gasteiger partial charge in [-0.1, -0.05) is 18.5 Å². The van der Waals surface area contributed by atoms with Crippen LogP contribution in [0.2, 0.25) is 5.15 Å². The Kier molecular flexibility index (Phi) is 3.16. The quantitative estimate of drug-likeness (QED) is 0.863. The van der Waals surface area contributed by atoms with Gasteiger partial charge in [-0.25, -0.2) is 9.97 Å². The van der Waals surface area contributed by atoms with Crippen molar-refractivity contribution in [3.8, 4) is 0 Å². The Morgan fingerprint density at radius 3 is 2.87 bits per heavy atom. The maximum Gasteiger partial charge on any atom is 0.148 e. The average molecular weight is 291 g/mol. The van der Waals surface area contributed by atoms with E-state index in [1.165, 1.54) is 25.6 Å². The van der Waals surface area contributed by atoms with Crippen LogP contribution in [0.15, 0.2) is 10.8 Å². The molecule has 82 valence electrons. The van der Waals surface area contributed by atoms with Crippen molar-refractivity contribution in [2.24, 2.45) is 5.41 Å². The van der Waals surface area contributed by atoms with E-state index in [1.54, 1.807) is 0 Å². The van der Waals surface area contributed by atoms with Crippen molar-refractivity contribution in [2.75, 3.05) is 11.9 Å². The fraction of sp³-hybridized carbons (Fsp3) is 0.600. The summed E-state index contributed by atoms with van der Waals surface area (Å²) < 4.78 is 0.749. The fourth-order valence-corrected chi connectivity index (χ4v) is 2.05. The molecule has 0 atom stereocenters. The van der Waals surface area contributed by atoms with Crippen molar-refractivity contribution >= 4 is 33.3 Å². The molecule has 0 aliphatic heterocycles. The first kappa shape index (κ1) is 11.1. The number of anilines is 1. The number of nitrogens with zero attached hydrogens (tertiary/aromatic N) is 2. The summed E-state index contributed by atoms with van der Waals surface area (Å²) in [5.41, 5.74) is 0.497. The van der Waals surface area contributed by atoms with Gasteiger partial charge in [0.15, 0.2) is 0 Å². The molecule has 5 heteroatoms. The lowest BCUT2D eigenvalue weighted by Gasteiger charge is -2.14. The van der Waals surface area contributed by atoms with E-state index in [1.807, 2.05) is 0 Å². The second kappa shape index (κ2) is 4.26. The van der Waals surface area contributed by atoms with Gasteiger partial charge in [-0.05, 0) is 40.6 Å². The molecule has 0 bridgehead atoms. The predicted octanol–water partition coefficient (Wildman–Crippen LogP) is 3.49. The molecular weight excluding hydrogens is 277 g/mol. The van der Waals surface area contributed by atoms with Crippen LogP contribution in [0.25, 0.3) is 0 Å². The first-order chi connectivity index (χ1) is 7.17. The van der Waals surface area contributed by atoms with Crippen LogP contribution < -0.4 is 5.32 Å². The monoisotopic (exact) mass is 289 g/mol. The minimum atomic E-state index is 0.453. The number of rotatable bonds is 4. The summed E-state index contributed by atoms with van der Waals surface area (Å²) in [5.74, 6) is 0.787. The van der Waals surface area contributed by atoms with Gasteiger partial charge in [0.1, 0.15) is 17.3 Å². The number of aromatic nitrogens is 2. The minimum absolute atomic E-state index is 0.453. The third-order valence-electron chi connectivity index (χ3n) is 3.08. The van der Waals surface area contributed by atoms with Crippen LogP contribution in [-0.4, -0.2) is 16.5 Å². The maximum atomic E-state index is 5.88. The molecule has 0 saturated heterocycles. The molecule has 0 radical (unpaired) electrons. The van der Waals surface area contributed by atoms with E-state index in [2.05, 4.69) is 38.1 Å². The molecule has 1 aliphatic carbocycles. The smallest absolute Gasteiger partial charge is 0.148 e. The molecule has 15 heavy (non-hydrogen) atoms. The number of nitrogens with one attached hydrogen (secondary N) is 1. The van der Waals surface area contributed by atoms with Crippen molar-refractivity contribution < 1.29 is 0 Å². The van der Waals surface area contributed by atoms with E-state index in [4.69, 9.17) is 11.6 Å². The molecule has 1 heterocycles. The Balaban J connectivity index is 2.02. The first-order valence-corrected chi connectivity index (χ1v) is 6.24. The zero-order valence-corrected chi connectivity index (χ0v) is 10.9. The van der Waals surface area contributed by atoms with E-state index in [9.17, 15) is 0 Å². The normalized spacial score (nSPS) is 17.5. The van der Waals surface area contributed by atoms with E-state index in [-0.39, 0.29) is 0 Å². The Morgan fingerprint density at radius 2 is 2.27 bits per heavy atom. The van der Waals surface area contributed by atoms with Gasteiger partial charge in [-0.2, -0.15) is 0 Å². The summed E-state index contributed by atoms with van der Waals surface area (Å²) in [5, 5.41) is 3.78. The standard InChI is InChI=1S/C10H13BrClN3/c1-2-10(3-4-10)5-13-9-7(11)8(12)14-6-15-9/h6H,2-5H2,1H3,(H,13,14,15). The van der Waals surface area contributed by atoms with Crippen molar-refractivity contribution in [1.29, 1.82) is 0 Å². The molecular formula is C10H13BrClN3. The van der Waals surface area contributed by atoms with Crippen LogP contribution in [0.1, 0.15) is 26.2 Å². The van der Waals surface area contributed by atoms with Gasteiger partial charge in [0.25, 0.3) is 0 Å². The molecule has 2 rings (SSSR count). The third kappa shape index (κ3) is 2.42.